The first-order valence-electron chi connectivity index (χ1n) is 6.89. The van der Waals surface area contributed by atoms with Gasteiger partial charge in [0.2, 0.25) is 0 Å². The van der Waals surface area contributed by atoms with Crippen molar-refractivity contribution < 1.29 is 43.8 Å². The summed E-state index contributed by atoms with van der Waals surface area (Å²) in [6.07, 6.45) is -0.620. The monoisotopic (exact) mass is 391 g/mol. The molecule has 1 amide bonds. The first kappa shape index (κ1) is 21.1. The Morgan fingerprint density at radius 3 is 2.04 bits per heavy atom. The highest BCUT2D eigenvalue weighted by Gasteiger charge is 2.39. The second kappa shape index (κ2) is 7.49. The first-order valence-corrected chi connectivity index (χ1v) is 9.62. The van der Waals surface area contributed by atoms with Crippen LogP contribution >= 0.6 is 0 Å². The van der Waals surface area contributed by atoms with Crippen LogP contribution in [-0.2, 0) is 33.9 Å². The third-order valence-electron chi connectivity index (χ3n) is 2.99. The van der Waals surface area contributed by atoms with E-state index >= 15 is 0 Å². The topological polar surface area (TPSA) is 157 Å². The Balaban J connectivity index is 2.79. The summed E-state index contributed by atoms with van der Waals surface area (Å²) in [6.45, 7) is 4.00. The van der Waals surface area contributed by atoms with Gasteiger partial charge < -0.3 is 9.64 Å². The van der Waals surface area contributed by atoms with E-state index in [0.29, 0.717) is 0 Å². The van der Waals surface area contributed by atoms with Crippen molar-refractivity contribution in [1.29, 1.82) is 0 Å². The van der Waals surface area contributed by atoms with Crippen molar-refractivity contribution in [3.8, 4) is 0 Å². The lowest BCUT2D eigenvalue weighted by Gasteiger charge is -2.28. The van der Waals surface area contributed by atoms with Gasteiger partial charge in [0.05, 0.1) is 19.3 Å². The van der Waals surface area contributed by atoms with Crippen LogP contribution in [0.25, 0.3) is 0 Å². The lowest BCUT2D eigenvalue weighted by Crippen LogP contribution is -2.42. The van der Waals surface area contributed by atoms with Crippen LogP contribution in [0.15, 0.2) is 0 Å². The maximum Gasteiger partial charge on any atom is 0.410 e. The molecule has 0 radical (unpaired) electrons. The average Bonchev–Trinajstić information content (AvgIpc) is 2.73. The summed E-state index contributed by atoms with van der Waals surface area (Å²) in [5.41, 5.74) is -0.797. The zero-order valence-electron chi connectivity index (χ0n) is 13.4. The van der Waals surface area contributed by atoms with E-state index in [-0.39, 0.29) is 13.0 Å². The van der Waals surface area contributed by atoms with Gasteiger partial charge in [-0.15, -0.1) is 0 Å². The smallest absolute Gasteiger partial charge is 0.410 e. The maximum absolute atomic E-state index is 12.2. The van der Waals surface area contributed by atoms with Gasteiger partial charge in [-0.1, -0.05) is 0 Å². The summed E-state index contributed by atoms with van der Waals surface area (Å²) < 4.78 is 73.6. The second-order valence-electron chi connectivity index (χ2n) is 6.31. The number of amides is 1. The van der Waals surface area contributed by atoms with Crippen LogP contribution in [0.5, 0.6) is 0 Å². The van der Waals surface area contributed by atoms with Crippen LogP contribution in [0.2, 0.25) is 0 Å². The number of ether oxygens (including phenoxy) is 1. The molecule has 0 aromatic heterocycles. The lowest BCUT2D eigenvalue weighted by molar-refractivity contribution is 0.0178. The Labute approximate surface area is 140 Å². The molecule has 0 aromatic carbocycles. The highest BCUT2D eigenvalue weighted by Crippen LogP contribution is 2.26. The Morgan fingerprint density at radius 2 is 1.58 bits per heavy atom. The van der Waals surface area contributed by atoms with Crippen molar-refractivity contribution in [2.45, 2.75) is 38.8 Å². The summed E-state index contributed by atoms with van der Waals surface area (Å²) >= 11 is 0. The molecule has 2 N–H and O–H groups in total. The minimum Gasteiger partial charge on any atom is -0.444 e. The van der Waals surface area contributed by atoms with Crippen molar-refractivity contribution in [3.05, 3.63) is 0 Å². The van der Waals surface area contributed by atoms with E-state index in [1.165, 1.54) is 0 Å². The minimum absolute atomic E-state index is 0.00390. The fourth-order valence-corrected chi connectivity index (χ4v) is 2.88. The van der Waals surface area contributed by atoms with Crippen LogP contribution in [-0.4, -0.2) is 68.3 Å². The predicted molar refractivity (Wildman–Crippen MR) is 79.8 cm³/mol. The Kier molecular flexibility index (Phi) is 6.57. The van der Waals surface area contributed by atoms with Crippen molar-refractivity contribution in [2.24, 2.45) is 5.92 Å². The molecule has 1 saturated heterocycles. The average molecular weight is 391 g/mol. The van der Waals surface area contributed by atoms with Crippen molar-refractivity contribution in [2.75, 3.05) is 19.8 Å². The molecule has 0 aromatic rings. The molecule has 1 aliphatic rings. The third-order valence-corrected chi connectivity index (χ3v) is 3.86. The molecule has 0 spiro atoms. The molecule has 1 heterocycles. The van der Waals surface area contributed by atoms with E-state index in [2.05, 4.69) is 8.37 Å². The van der Waals surface area contributed by atoms with Crippen LogP contribution in [0.4, 0.5) is 4.79 Å². The number of carbonyl (C=O) groups excluding carboxylic acids is 1. The molecule has 1 aliphatic heterocycles. The molecule has 1 rings (SSSR count). The van der Waals surface area contributed by atoms with E-state index in [9.17, 15) is 21.6 Å². The van der Waals surface area contributed by atoms with Gasteiger partial charge in [0.1, 0.15) is 5.60 Å². The summed E-state index contributed by atoms with van der Waals surface area (Å²) in [7, 11) is -9.33. The molecule has 0 unspecified atom stereocenters. The zero-order valence-corrected chi connectivity index (χ0v) is 15.0. The summed E-state index contributed by atoms with van der Waals surface area (Å²) in [5.74, 6) is -0.505. The fraction of sp³-hybridized carbons (Fsp3) is 0.909. The Bertz CT molecular complexity index is 651. The highest BCUT2D eigenvalue weighted by molar-refractivity contribution is 7.81. The first-order chi connectivity index (χ1) is 10.7. The normalized spacial score (nSPS) is 22.6. The largest absolute Gasteiger partial charge is 0.444 e. The second-order valence-corrected chi connectivity index (χ2v) is 8.50. The SMILES string of the molecule is CC(C)(C)OC(=O)N1C[C@H](COS(=O)(=O)O)C[C@@H]1COS(=O)(=O)O. The van der Waals surface area contributed by atoms with Crippen molar-refractivity contribution in [3.63, 3.8) is 0 Å². The molecular weight excluding hydrogens is 370 g/mol. The Morgan fingerprint density at radius 1 is 1.08 bits per heavy atom. The standard InChI is InChI=1S/C11H21NO10S2/c1-11(2,3)22-10(13)12-5-8(6-20-23(14,15)16)4-9(12)7-21-24(17,18)19/h8-9H,4-7H2,1-3H3,(H,14,15,16)(H,17,18,19)/t8-,9-/m1/s1. The number of rotatable bonds is 6. The molecule has 2 atom stereocenters. The van der Waals surface area contributed by atoms with Gasteiger partial charge in [-0.05, 0) is 27.2 Å². The van der Waals surface area contributed by atoms with Gasteiger partial charge in [-0.25, -0.2) is 13.2 Å². The van der Waals surface area contributed by atoms with E-state index in [0.717, 1.165) is 4.90 Å². The van der Waals surface area contributed by atoms with E-state index in [1.807, 2.05) is 0 Å². The Hall–Kier alpha value is -0.990. The van der Waals surface area contributed by atoms with Crippen LogP contribution in [0.3, 0.4) is 0 Å². The highest BCUT2D eigenvalue weighted by atomic mass is 32.3. The number of carbonyl (C=O) groups is 1. The van der Waals surface area contributed by atoms with E-state index in [1.54, 1.807) is 20.8 Å². The van der Waals surface area contributed by atoms with Gasteiger partial charge in [-0.3, -0.25) is 9.11 Å². The van der Waals surface area contributed by atoms with Crippen LogP contribution in [0, 0.1) is 5.92 Å². The molecule has 11 nitrogen and oxygen atoms in total. The summed E-state index contributed by atoms with van der Waals surface area (Å²) in [5, 5.41) is 0. The fourth-order valence-electron chi connectivity index (χ4n) is 2.18. The molecule has 13 heteroatoms. The molecule has 24 heavy (non-hydrogen) atoms. The molecule has 1 fully saturated rings. The molecular formula is C11H21NO10S2. The van der Waals surface area contributed by atoms with Crippen LogP contribution in [0.1, 0.15) is 27.2 Å². The van der Waals surface area contributed by atoms with Crippen molar-refractivity contribution in [1.82, 2.24) is 4.90 Å². The summed E-state index contributed by atoms with van der Waals surface area (Å²) in [6, 6.07) is -0.781. The third kappa shape index (κ3) is 8.21. The van der Waals surface area contributed by atoms with Crippen molar-refractivity contribution >= 4 is 26.9 Å². The van der Waals surface area contributed by atoms with Crippen LogP contribution < -0.4 is 0 Å². The molecule has 142 valence electrons. The van der Waals surface area contributed by atoms with E-state index in [4.69, 9.17) is 13.8 Å². The zero-order chi connectivity index (χ0) is 18.8. The lowest BCUT2D eigenvalue weighted by atomic mass is 10.1. The quantitative estimate of drug-likeness (QED) is 0.601. The molecule has 0 saturated carbocycles. The van der Waals surface area contributed by atoms with Gasteiger partial charge >= 0.3 is 26.9 Å². The van der Waals surface area contributed by atoms with Gasteiger partial charge in [-0.2, -0.15) is 16.8 Å². The van der Waals surface area contributed by atoms with E-state index < -0.39 is 57.7 Å². The minimum atomic E-state index is -4.69. The number of hydrogen-bond donors (Lipinski definition) is 2. The number of hydrogen-bond acceptors (Lipinski definition) is 8. The van der Waals surface area contributed by atoms with Gasteiger partial charge in [0.25, 0.3) is 0 Å². The van der Waals surface area contributed by atoms with Gasteiger partial charge in [0, 0.05) is 12.5 Å². The molecule has 0 aliphatic carbocycles. The molecule has 0 bridgehead atoms. The van der Waals surface area contributed by atoms with Gasteiger partial charge in [0.15, 0.2) is 0 Å². The number of likely N-dealkylation sites (tertiary alicyclic amines) is 1. The maximum atomic E-state index is 12.2. The predicted octanol–water partition coefficient (Wildman–Crippen LogP) is 0.251. The summed E-state index contributed by atoms with van der Waals surface area (Å²) in [4.78, 5) is 13.3. The number of nitrogens with zero attached hydrogens (tertiary/aromatic N) is 1.